The third-order valence-corrected chi connectivity index (χ3v) is 4.68. The van der Waals surface area contributed by atoms with Crippen LogP contribution in [0.5, 0.6) is 5.75 Å². The van der Waals surface area contributed by atoms with Crippen molar-refractivity contribution in [1.29, 1.82) is 0 Å². The fraction of sp³-hybridized carbons (Fsp3) is 0.125. The zero-order valence-electron chi connectivity index (χ0n) is 15.2. The Morgan fingerprint density at radius 2 is 1.41 bits per heavy atom. The van der Waals surface area contributed by atoms with Gasteiger partial charge >= 0.3 is 0 Å². The Morgan fingerprint density at radius 1 is 0.815 bits per heavy atom. The second-order valence-electron chi connectivity index (χ2n) is 6.67. The number of hydrogen-bond donors (Lipinski definition) is 1. The summed E-state index contributed by atoms with van der Waals surface area (Å²) in [5, 5.41) is 7.57. The highest BCUT2D eigenvalue weighted by atomic mass is 16.5. The lowest BCUT2D eigenvalue weighted by Gasteiger charge is -2.15. The normalized spacial score (nSPS) is 12.0. The molecule has 0 aliphatic heterocycles. The molecule has 1 N–H and O–H groups in total. The molecule has 0 fully saturated rings. The Bertz CT molecular complexity index is 1100. The van der Waals surface area contributed by atoms with Crippen LogP contribution in [-0.4, -0.2) is 12.0 Å². The molecule has 3 heteroatoms. The fourth-order valence-electron chi connectivity index (χ4n) is 3.18. The summed E-state index contributed by atoms with van der Waals surface area (Å²) in [6.07, 6.45) is -0.563. The molecule has 1 amide bonds. The van der Waals surface area contributed by atoms with Crippen LogP contribution in [0.1, 0.15) is 12.5 Å². The van der Waals surface area contributed by atoms with Crippen LogP contribution in [0, 0.1) is 0 Å². The highest BCUT2D eigenvalue weighted by Crippen LogP contribution is 2.21. The zero-order valence-corrected chi connectivity index (χ0v) is 15.2. The molecule has 3 nitrogen and oxygen atoms in total. The summed E-state index contributed by atoms with van der Waals surface area (Å²) in [4.78, 5) is 12.4. The number of fused-ring (bicyclic) bond motifs is 2. The summed E-state index contributed by atoms with van der Waals surface area (Å²) in [6, 6.07) is 28.4. The molecule has 0 aliphatic carbocycles. The molecule has 0 heterocycles. The Balaban J connectivity index is 1.39. The van der Waals surface area contributed by atoms with Crippen LogP contribution in [0.15, 0.2) is 84.9 Å². The molecule has 27 heavy (non-hydrogen) atoms. The topological polar surface area (TPSA) is 38.3 Å². The summed E-state index contributed by atoms with van der Waals surface area (Å²) >= 11 is 0. The largest absolute Gasteiger partial charge is 0.481 e. The minimum absolute atomic E-state index is 0.128. The fourth-order valence-corrected chi connectivity index (χ4v) is 3.18. The van der Waals surface area contributed by atoms with Gasteiger partial charge in [-0.05, 0) is 52.2 Å². The molecule has 4 aromatic rings. The molecule has 0 aromatic heterocycles. The van der Waals surface area contributed by atoms with Crippen LogP contribution in [0.2, 0.25) is 0 Å². The van der Waals surface area contributed by atoms with Crippen molar-refractivity contribution in [2.75, 3.05) is 0 Å². The van der Waals surface area contributed by atoms with E-state index in [0.29, 0.717) is 12.3 Å². The average Bonchev–Trinajstić information content (AvgIpc) is 2.71. The summed E-state index contributed by atoms with van der Waals surface area (Å²) in [6.45, 7) is 2.25. The number of hydrogen-bond acceptors (Lipinski definition) is 2. The first-order valence-corrected chi connectivity index (χ1v) is 9.10. The second kappa shape index (κ2) is 7.50. The van der Waals surface area contributed by atoms with Gasteiger partial charge in [0.05, 0.1) is 0 Å². The third-order valence-electron chi connectivity index (χ3n) is 4.68. The predicted molar refractivity (Wildman–Crippen MR) is 110 cm³/mol. The maximum Gasteiger partial charge on any atom is 0.261 e. The third kappa shape index (κ3) is 3.93. The van der Waals surface area contributed by atoms with Crippen molar-refractivity contribution in [1.82, 2.24) is 5.32 Å². The Hall–Kier alpha value is -3.33. The van der Waals surface area contributed by atoms with Gasteiger partial charge in [0.1, 0.15) is 5.75 Å². The average molecular weight is 355 g/mol. The smallest absolute Gasteiger partial charge is 0.261 e. The maximum absolute atomic E-state index is 12.4. The molecule has 0 saturated carbocycles. The van der Waals surface area contributed by atoms with E-state index < -0.39 is 6.10 Å². The first kappa shape index (κ1) is 17.1. The van der Waals surface area contributed by atoms with Gasteiger partial charge in [0.2, 0.25) is 0 Å². The molecule has 4 aromatic carbocycles. The van der Waals surface area contributed by atoms with Crippen molar-refractivity contribution in [3.8, 4) is 5.75 Å². The maximum atomic E-state index is 12.4. The van der Waals surface area contributed by atoms with E-state index >= 15 is 0 Å². The first-order chi connectivity index (χ1) is 13.2. The van der Waals surface area contributed by atoms with Gasteiger partial charge in [-0.1, -0.05) is 66.7 Å². The van der Waals surface area contributed by atoms with E-state index in [-0.39, 0.29) is 5.91 Å². The predicted octanol–water partition coefficient (Wildman–Crippen LogP) is 5.08. The van der Waals surface area contributed by atoms with Crippen molar-refractivity contribution in [2.24, 2.45) is 0 Å². The van der Waals surface area contributed by atoms with Gasteiger partial charge in [0, 0.05) is 6.54 Å². The number of amides is 1. The van der Waals surface area contributed by atoms with Crippen molar-refractivity contribution >= 4 is 27.5 Å². The number of ether oxygens (including phenoxy) is 1. The summed E-state index contributed by atoms with van der Waals surface area (Å²) in [5.74, 6) is 0.568. The van der Waals surface area contributed by atoms with Crippen LogP contribution in [0.4, 0.5) is 0 Å². The second-order valence-corrected chi connectivity index (χ2v) is 6.67. The monoisotopic (exact) mass is 355 g/mol. The molecule has 0 unspecified atom stereocenters. The van der Waals surface area contributed by atoms with Gasteiger partial charge in [-0.25, -0.2) is 0 Å². The molecule has 4 rings (SSSR count). The van der Waals surface area contributed by atoms with Gasteiger partial charge in [-0.3, -0.25) is 4.79 Å². The standard InChI is InChI=1S/C24H21NO2/c1-17(27-23-13-12-20-7-3-5-9-22(20)15-23)24(26)25-16-18-10-11-19-6-2-4-8-21(19)14-18/h2-15,17H,16H2,1H3,(H,25,26)/t17-/m0/s1. The number of carbonyl (C=O) groups excluding carboxylic acids is 1. The molecule has 0 saturated heterocycles. The van der Waals surface area contributed by atoms with Crippen LogP contribution in [-0.2, 0) is 11.3 Å². The van der Waals surface area contributed by atoms with Gasteiger partial charge in [0.15, 0.2) is 6.10 Å². The van der Waals surface area contributed by atoms with E-state index in [4.69, 9.17) is 4.74 Å². The van der Waals surface area contributed by atoms with Crippen molar-refractivity contribution in [3.05, 3.63) is 90.5 Å². The Kier molecular flexibility index (Phi) is 4.75. The van der Waals surface area contributed by atoms with Crippen LogP contribution in [0.25, 0.3) is 21.5 Å². The van der Waals surface area contributed by atoms with Crippen LogP contribution in [0.3, 0.4) is 0 Å². The van der Waals surface area contributed by atoms with Gasteiger partial charge in [0.25, 0.3) is 5.91 Å². The Morgan fingerprint density at radius 3 is 2.11 bits per heavy atom. The summed E-state index contributed by atoms with van der Waals surface area (Å²) in [5.41, 5.74) is 1.07. The molecule has 0 spiro atoms. The highest BCUT2D eigenvalue weighted by molar-refractivity contribution is 5.85. The number of benzene rings is 4. The summed E-state index contributed by atoms with van der Waals surface area (Å²) < 4.78 is 5.83. The van der Waals surface area contributed by atoms with E-state index in [9.17, 15) is 4.79 Å². The molecular weight excluding hydrogens is 334 g/mol. The lowest BCUT2D eigenvalue weighted by atomic mass is 10.1. The number of carbonyl (C=O) groups is 1. The molecule has 0 radical (unpaired) electrons. The van der Waals surface area contributed by atoms with Crippen molar-refractivity contribution in [3.63, 3.8) is 0 Å². The molecule has 1 atom stereocenters. The minimum Gasteiger partial charge on any atom is -0.481 e. The van der Waals surface area contributed by atoms with Crippen LogP contribution >= 0.6 is 0 Å². The van der Waals surface area contributed by atoms with Crippen molar-refractivity contribution in [2.45, 2.75) is 19.6 Å². The Labute approximate surface area is 158 Å². The minimum atomic E-state index is -0.563. The zero-order chi connectivity index (χ0) is 18.6. The van der Waals surface area contributed by atoms with Crippen LogP contribution < -0.4 is 10.1 Å². The molecular formula is C24H21NO2. The van der Waals surface area contributed by atoms with Gasteiger partial charge < -0.3 is 10.1 Å². The number of nitrogens with one attached hydrogen (secondary N) is 1. The lowest BCUT2D eigenvalue weighted by molar-refractivity contribution is -0.127. The van der Waals surface area contributed by atoms with Crippen molar-refractivity contribution < 1.29 is 9.53 Å². The van der Waals surface area contributed by atoms with E-state index in [0.717, 1.165) is 16.3 Å². The first-order valence-electron chi connectivity index (χ1n) is 9.10. The molecule has 0 aliphatic rings. The number of rotatable bonds is 5. The molecule has 0 bridgehead atoms. The summed E-state index contributed by atoms with van der Waals surface area (Å²) in [7, 11) is 0. The van der Waals surface area contributed by atoms with Gasteiger partial charge in [-0.2, -0.15) is 0 Å². The SMILES string of the molecule is C[C@H](Oc1ccc2ccccc2c1)C(=O)NCc1ccc2ccccc2c1. The highest BCUT2D eigenvalue weighted by Gasteiger charge is 2.14. The van der Waals surface area contributed by atoms with E-state index in [2.05, 4.69) is 35.6 Å². The quantitative estimate of drug-likeness (QED) is 0.542. The van der Waals surface area contributed by atoms with E-state index in [1.165, 1.54) is 10.8 Å². The molecule has 134 valence electrons. The van der Waals surface area contributed by atoms with E-state index in [1.54, 1.807) is 6.92 Å². The van der Waals surface area contributed by atoms with E-state index in [1.807, 2.05) is 54.6 Å². The lowest BCUT2D eigenvalue weighted by Crippen LogP contribution is -2.35. The van der Waals surface area contributed by atoms with Gasteiger partial charge in [-0.15, -0.1) is 0 Å².